The molecule has 0 heterocycles. The molecule has 220 valence electrons. The summed E-state index contributed by atoms with van der Waals surface area (Å²) >= 11 is 18.9. The summed E-state index contributed by atoms with van der Waals surface area (Å²) in [6, 6.07) is 18.2. The monoisotopic (exact) mass is 637 g/mol. The van der Waals surface area contributed by atoms with Gasteiger partial charge in [0.15, 0.2) is 0 Å². The zero-order valence-electron chi connectivity index (χ0n) is 23.2. The summed E-state index contributed by atoms with van der Waals surface area (Å²) in [6.07, 6.45) is 2.90. The van der Waals surface area contributed by atoms with E-state index in [0.29, 0.717) is 32.7 Å². The number of benzene rings is 3. The van der Waals surface area contributed by atoms with Crippen LogP contribution in [0.1, 0.15) is 36.5 Å². The van der Waals surface area contributed by atoms with E-state index in [1.165, 1.54) is 4.90 Å². The van der Waals surface area contributed by atoms with Gasteiger partial charge in [-0.1, -0.05) is 90.6 Å². The molecule has 3 aromatic rings. The summed E-state index contributed by atoms with van der Waals surface area (Å²) in [6.45, 7) is 3.56. The van der Waals surface area contributed by atoms with Crippen LogP contribution in [0.2, 0.25) is 15.1 Å². The lowest BCUT2D eigenvalue weighted by atomic mass is 10.0. The summed E-state index contributed by atoms with van der Waals surface area (Å²) in [5, 5.41) is 4.06. The maximum Gasteiger partial charge on any atom is 0.244 e. The summed E-state index contributed by atoms with van der Waals surface area (Å²) in [5.74, 6) is -0.919. The van der Waals surface area contributed by atoms with E-state index in [2.05, 4.69) is 5.32 Å². The highest BCUT2D eigenvalue weighted by Gasteiger charge is 2.33. The third-order valence-corrected chi connectivity index (χ3v) is 8.77. The number of nitrogens with one attached hydrogen (secondary N) is 1. The molecule has 0 aromatic heterocycles. The highest BCUT2D eigenvalue weighted by Crippen LogP contribution is 2.29. The van der Waals surface area contributed by atoms with Crippen molar-refractivity contribution in [3.8, 4) is 0 Å². The number of carbonyl (C=O) groups excluding carboxylic acids is 2. The largest absolute Gasteiger partial charge is 0.354 e. The van der Waals surface area contributed by atoms with Crippen molar-refractivity contribution in [2.45, 2.75) is 45.7 Å². The average Bonchev–Trinajstić information content (AvgIpc) is 2.92. The Kier molecular flexibility index (Phi) is 11.9. The van der Waals surface area contributed by atoms with Crippen LogP contribution in [0.25, 0.3) is 0 Å². The van der Waals surface area contributed by atoms with Crippen LogP contribution in [0.4, 0.5) is 5.69 Å². The van der Waals surface area contributed by atoms with E-state index in [1.807, 2.05) is 37.3 Å². The molecule has 41 heavy (non-hydrogen) atoms. The first-order chi connectivity index (χ1) is 19.4. The molecule has 11 heteroatoms. The molecule has 0 aliphatic heterocycles. The number of sulfonamides is 1. The number of unbranched alkanes of at least 4 members (excludes halogenated alkanes) is 1. The van der Waals surface area contributed by atoms with Gasteiger partial charge in [0.1, 0.15) is 12.6 Å². The molecule has 1 unspecified atom stereocenters. The minimum absolute atomic E-state index is 0.0420. The Morgan fingerprint density at radius 1 is 0.951 bits per heavy atom. The molecule has 0 radical (unpaired) electrons. The molecule has 1 atom stereocenters. The van der Waals surface area contributed by atoms with Gasteiger partial charge >= 0.3 is 0 Å². The smallest absolute Gasteiger partial charge is 0.244 e. The molecule has 7 nitrogen and oxygen atoms in total. The van der Waals surface area contributed by atoms with Gasteiger partial charge in [-0.15, -0.1) is 0 Å². The van der Waals surface area contributed by atoms with Crippen molar-refractivity contribution in [2.75, 3.05) is 23.7 Å². The SMILES string of the molecule is CCCCNC(=O)C(Cc1ccccc1)N(Cc1ccc(Cl)cc1Cl)C(=O)CN(c1cccc(Cl)c1C)S(C)(=O)=O. The fourth-order valence-corrected chi connectivity index (χ4v) is 5.89. The molecule has 3 rings (SSSR count). The first-order valence-electron chi connectivity index (χ1n) is 13.2. The van der Waals surface area contributed by atoms with E-state index < -0.39 is 28.5 Å². The quantitative estimate of drug-likeness (QED) is 0.223. The Morgan fingerprint density at radius 2 is 1.66 bits per heavy atom. The Labute approximate surface area is 257 Å². The van der Waals surface area contributed by atoms with Gasteiger partial charge in [-0.05, 0) is 54.3 Å². The van der Waals surface area contributed by atoms with Crippen LogP contribution in [0, 0.1) is 6.92 Å². The Balaban J connectivity index is 2.09. The molecule has 0 aliphatic rings. The van der Waals surface area contributed by atoms with Gasteiger partial charge in [0.2, 0.25) is 21.8 Å². The van der Waals surface area contributed by atoms with E-state index in [0.717, 1.165) is 29.0 Å². The molecule has 0 saturated carbocycles. The lowest BCUT2D eigenvalue weighted by molar-refractivity contribution is -0.140. The molecule has 2 amide bonds. The Bertz CT molecular complexity index is 1470. The second kappa shape index (κ2) is 14.9. The zero-order chi connectivity index (χ0) is 30.2. The number of nitrogens with zero attached hydrogens (tertiary/aromatic N) is 2. The highest BCUT2D eigenvalue weighted by atomic mass is 35.5. The zero-order valence-corrected chi connectivity index (χ0v) is 26.3. The number of hydrogen-bond donors (Lipinski definition) is 1. The molecule has 0 saturated heterocycles. The van der Waals surface area contributed by atoms with Crippen LogP contribution in [0.5, 0.6) is 0 Å². The third kappa shape index (κ3) is 9.10. The van der Waals surface area contributed by atoms with Gasteiger partial charge in [0, 0.05) is 34.6 Å². The highest BCUT2D eigenvalue weighted by molar-refractivity contribution is 7.92. The third-order valence-electron chi connectivity index (χ3n) is 6.64. The van der Waals surface area contributed by atoms with Crippen LogP contribution >= 0.6 is 34.8 Å². The number of carbonyl (C=O) groups is 2. The number of amides is 2. The molecule has 0 spiro atoms. The van der Waals surface area contributed by atoms with E-state index >= 15 is 0 Å². The summed E-state index contributed by atoms with van der Waals surface area (Å²) in [7, 11) is -3.91. The standard InChI is InChI=1S/C30H34Cl3N3O4S/c1-4-5-16-34-30(38)28(17-22-10-7-6-8-11-22)35(19-23-14-15-24(31)18-26(23)33)29(37)20-36(41(3,39)40)27-13-9-12-25(32)21(27)2/h6-15,18,28H,4-5,16-17,19-20H2,1-3H3,(H,34,38). The van der Waals surface area contributed by atoms with Crippen LogP contribution in [0.3, 0.4) is 0 Å². The van der Waals surface area contributed by atoms with Gasteiger partial charge in [-0.25, -0.2) is 8.42 Å². The molecule has 3 aromatic carbocycles. The first kappa shape index (κ1) is 32.7. The minimum atomic E-state index is -3.91. The first-order valence-corrected chi connectivity index (χ1v) is 16.2. The number of anilines is 1. The van der Waals surface area contributed by atoms with Crippen molar-refractivity contribution >= 4 is 62.3 Å². The van der Waals surface area contributed by atoms with Crippen molar-refractivity contribution in [3.05, 3.63) is 98.5 Å². The topological polar surface area (TPSA) is 86.8 Å². The fraction of sp³-hybridized carbons (Fsp3) is 0.333. The number of rotatable bonds is 13. The maximum absolute atomic E-state index is 14.2. The van der Waals surface area contributed by atoms with Crippen LogP contribution < -0.4 is 9.62 Å². The van der Waals surface area contributed by atoms with Gasteiger partial charge in [-0.2, -0.15) is 0 Å². The second-order valence-corrected chi connectivity index (χ2v) is 12.9. The molecule has 0 bridgehead atoms. The van der Waals surface area contributed by atoms with Gasteiger partial charge in [0.25, 0.3) is 0 Å². The Morgan fingerprint density at radius 3 is 2.29 bits per heavy atom. The normalized spacial score (nSPS) is 12.0. The van der Waals surface area contributed by atoms with Crippen molar-refractivity contribution in [2.24, 2.45) is 0 Å². The molecular weight excluding hydrogens is 605 g/mol. The lowest BCUT2D eigenvalue weighted by Gasteiger charge is -2.34. The summed E-state index contributed by atoms with van der Waals surface area (Å²) in [5.41, 5.74) is 2.20. The molecular formula is C30H34Cl3N3O4S. The Hall–Kier alpha value is -2.78. The summed E-state index contributed by atoms with van der Waals surface area (Å²) in [4.78, 5) is 29.2. The maximum atomic E-state index is 14.2. The van der Waals surface area contributed by atoms with E-state index in [4.69, 9.17) is 34.8 Å². The second-order valence-electron chi connectivity index (χ2n) is 9.76. The van der Waals surface area contributed by atoms with Crippen LogP contribution in [-0.2, 0) is 32.6 Å². The minimum Gasteiger partial charge on any atom is -0.354 e. The van der Waals surface area contributed by atoms with Crippen LogP contribution in [-0.4, -0.2) is 50.5 Å². The van der Waals surface area contributed by atoms with Crippen molar-refractivity contribution < 1.29 is 18.0 Å². The van der Waals surface area contributed by atoms with E-state index in [1.54, 1.807) is 43.3 Å². The summed E-state index contributed by atoms with van der Waals surface area (Å²) < 4.78 is 27.0. The van der Waals surface area contributed by atoms with Crippen LogP contribution in [0.15, 0.2) is 66.7 Å². The van der Waals surface area contributed by atoms with Gasteiger partial charge < -0.3 is 10.2 Å². The van der Waals surface area contributed by atoms with Gasteiger partial charge in [0.05, 0.1) is 11.9 Å². The van der Waals surface area contributed by atoms with Crippen molar-refractivity contribution in [1.82, 2.24) is 10.2 Å². The van der Waals surface area contributed by atoms with E-state index in [9.17, 15) is 18.0 Å². The molecule has 0 aliphatic carbocycles. The average molecular weight is 639 g/mol. The predicted molar refractivity (Wildman–Crippen MR) is 167 cm³/mol. The van der Waals surface area contributed by atoms with Crippen molar-refractivity contribution in [1.29, 1.82) is 0 Å². The molecule has 0 fully saturated rings. The molecule has 1 N–H and O–H groups in total. The number of hydrogen-bond acceptors (Lipinski definition) is 4. The number of halogens is 3. The lowest BCUT2D eigenvalue weighted by Crippen LogP contribution is -2.53. The predicted octanol–water partition coefficient (Wildman–Crippen LogP) is 6.28. The van der Waals surface area contributed by atoms with E-state index in [-0.39, 0.29) is 24.6 Å². The van der Waals surface area contributed by atoms with Gasteiger partial charge in [-0.3, -0.25) is 13.9 Å². The van der Waals surface area contributed by atoms with Crippen molar-refractivity contribution in [3.63, 3.8) is 0 Å². The fourth-order valence-electron chi connectivity index (χ4n) is 4.35.